The van der Waals surface area contributed by atoms with Crippen LogP contribution in [0.4, 0.5) is 0 Å². The van der Waals surface area contributed by atoms with Crippen LogP contribution < -0.4 is 10.3 Å². The smallest absolute Gasteiger partial charge is 0.282 e. The lowest BCUT2D eigenvalue weighted by atomic mass is 10.2. The van der Waals surface area contributed by atoms with Gasteiger partial charge >= 0.3 is 0 Å². The molecule has 0 bridgehead atoms. The number of rotatable bonds is 6. The first-order chi connectivity index (χ1) is 18.2. The molecule has 0 fully saturated rings. The summed E-state index contributed by atoms with van der Waals surface area (Å²) in [7, 11) is 0. The molecular weight excluding hydrogens is 587 g/mol. The number of fused-ring (bicyclic) bond motifs is 1. The maximum absolute atomic E-state index is 13.1. The van der Waals surface area contributed by atoms with Gasteiger partial charge in [0.15, 0.2) is 0 Å². The Bertz CT molecular complexity index is 1760. The van der Waals surface area contributed by atoms with Crippen molar-refractivity contribution in [3.8, 4) is 11.4 Å². The van der Waals surface area contributed by atoms with Crippen molar-refractivity contribution < 1.29 is 4.74 Å². The maximum Gasteiger partial charge on any atom is 0.282 e. The van der Waals surface area contributed by atoms with Crippen molar-refractivity contribution in [2.24, 2.45) is 5.10 Å². The van der Waals surface area contributed by atoms with Gasteiger partial charge in [-0.3, -0.25) is 4.79 Å². The summed E-state index contributed by atoms with van der Waals surface area (Å²) in [5.74, 6) is 1.25. The zero-order valence-electron chi connectivity index (χ0n) is 20.9. The van der Waals surface area contributed by atoms with Gasteiger partial charge in [-0.25, -0.2) is 4.98 Å². The summed E-state index contributed by atoms with van der Waals surface area (Å²) >= 11 is 15.6. The number of hydrogen-bond acceptors (Lipinski definition) is 4. The van der Waals surface area contributed by atoms with Gasteiger partial charge in [-0.2, -0.15) is 9.78 Å². The fourth-order valence-corrected chi connectivity index (χ4v) is 5.15. The second-order valence-corrected chi connectivity index (χ2v) is 10.6. The summed E-state index contributed by atoms with van der Waals surface area (Å²) in [6.45, 7) is 6.17. The van der Waals surface area contributed by atoms with Crippen LogP contribution in [0.15, 0.2) is 81.1 Å². The Hall–Kier alpha value is -3.39. The molecule has 0 atom stereocenters. The topological polar surface area (TPSA) is 61.4 Å². The van der Waals surface area contributed by atoms with E-state index >= 15 is 0 Å². The van der Waals surface area contributed by atoms with Gasteiger partial charge in [0.1, 0.15) is 18.2 Å². The summed E-state index contributed by atoms with van der Waals surface area (Å²) in [5.41, 5.74) is 5.22. The molecule has 0 aliphatic heterocycles. The molecule has 0 radical (unpaired) electrons. The molecule has 0 N–H and O–H groups in total. The number of ether oxygens (including phenoxy) is 1. The van der Waals surface area contributed by atoms with E-state index in [9.17, 15) is 4.79 Å². The highest BCUT2D eigenvalue weighted by Gasteiger charge is 2.12. The Balaban J connectivity index is 1.38. The third kappa shape index (κ3) is 5.27. The van der Waals surface area contributed by atoms with E-state index < -0.39 is 0 Å². The third-order valence-electron chi connectivity index (χ3n) is 6.26. The Morgan fingerprint density at radius 3 is 2.50 bits per heavy atom. The minimum Gasteiger partial charge on any atom is -0.489 e. The Labute approximate surface area is 238 Å². The second kappa shape index (κ2) is 10.8. The van der Waals surface area contributed by atoms with Gasteiger partial charge in [0.25, 0.3) is 5.56 Å². The first-order valence-electron chi connectivity index (χ1n) is 11.8. The van der Waals surface area contributed by atoms with Gasteiger partial charge in [0, 0.05) is 42.7 Å². The summed E-state index contributed by atoms with van der Waals surface area (Å²) < 4.78 is 10.2. The molecule has 0 saturated heterocycles. The quantitative estimate of drug-likeness (QED) is 0.186. The van der Waals surface area contributed by atoms with Gasteiger partial charge in [-0.15, -0.1) is 0 Å². The van der Waals surface area contributed by atoms with Gasteiger partial charge < -0.3 is 9.30 Å². The minimum atomic E-state index is -0.214. The van der Waals surface area contributed by atoms with E-state index in [1.165, 1.54) is 4.68 Å². The van der Waals surface area contributed by atoms with Crippen LogP contribution in [-0.2, 0) is 6.61 Å². The van der Waals surface area contributed by atoms with Crippen LogP contribution in [0.25, 0.3) is 16.6 Å². The molecule has 192 valence electrons. The average molecular weight is 610 g/mol. The first-order valence-corrected chi connectivity index (χ1v) is 13.4. The van der Waals surface area contributed by atoms with E-state index in [0.29, 0.717) is 33.4 Å². The fraction of sp³-hybridized carbons (Fsp3) is 0.138. The van der Waals surface area contributed by atoms with Gasteiger partial charge in [-0.05, 0) is 81.4 Å². The van der Waals surface area contributed by atoms with Crippen LogP contribution in [0.5, 0.6) is 5.75 Å². The van der Waals surface area contributed by atoms with Crippen molar-refractivity contribution in [3.05, 3.63) is 120 Å². The number of aromatic nitrogens is 3. The molecule has 3 aromatic carbocycles. The monoisotopic (exact) mass is 608 g/mol. The molecule has 9 heteroatoms. The summed E-state index contributed by atoms with van der Waals surface area (Å²) in [4.78, 5) is 17.6. The molecule has 0 unspecified atom stereocenters. The van der Waals surface area contributed by atoms with Gasteiger partial charge in [0.2, 0.25) is 0 Å². The number of aryl methyl sites for hydroxylation is 2. The minimum absolute atomic E-state index is 0.214. The molecular formula is C29H23BrCl2N4O2. The molecule has 0 amide bonds. The molecule has 6 nitrogen and oxygen atoms in total. The number of nitrogens with zero attached hydrogens (tertiary/aromatic N) is 4. The second-order valence-electron chi connectivity index (χ2n) is 8.86. The lowest BCUT2D eigenvalue weighted by Crippen LogP contribution is -2.20. The molecule has 5 rings (SSSR count). The standard InChI is InChI=1S/C29H23BrCl2N4O2/c1-17-12-21(15-33-36-19(3)34-28-11-5-22(30)13-26(28)29(36)37)18(2)35(17)24-7-9-25(10-8-24)38-16-20-4-6-23(31)14-27(20)32/h4-15H,16H2,1-3H3. The maximum atomic E-state index is 13.1. The molecule has 0 aliphatic carbocycles. The van der Waals surface area contributed by atoms with Crippen molar-refractivity contribution in [3.63, 3.8) is 0 Å². The van der Waals surface area contributed by atoms with Gasteiger partial charge in [-0.1, -0.05) is 45.2 Å². The van der Waals surface area contributed by atoms with Crippen molar-refractivity contribution in [2.75, 3.05) is 0 Å². The number of halogens is 3. The SMILES string of the molecule is Cc1cc(C=Nn2c(C)nc3ccc(Br)cc3c2=O)c(C)n1-c1ccc(OCc2ccc(Cl)cc2Cl)cc1. The average Bonchev–Trinajstić information content (AvgIpc) is 3.17. The Morgan fingerprint density at radius 1 is 1.00 bits per heavy atom. The highest BCUT2D eigenvalue weighted by atomic mass is 79.9. The third-order valence-corrected chi connectivity index (χ3v) is 7.34. The number of benzene rings is 3. The molecule has 38 heavy (non-hydrogen) atoms. The van der Waals surface area contributed by atoms with E-state index in [0.717, 1.165) is 38.4 Å². The Kier molecular flexibility index (Phi) is 7.43. The van der Waals surface area contributed by atoms with Crippen LogP contribution in [-0.4, -0.2) is 20.4 Å². The zero-order valence-corrected chi connectivity index (χ0v) is 24.0. The van der Waals surface area contributed by atoms with E-state index in [-0.39, 0.29) is 5.56 Å². The highest BCUT2D eigenvalue weighted by Crippen LogP contribution is 2.25. The molecule has 2 aromatic heterocycles. The molecule has 0 aliphatic rings. The zero-order chi connectivity index (χ0) is 27.0. The summed E-state index contributed by atoms with van der Waals surface area (Å²) in [6.07, 6.45) is 1.70. The predicted molar refractivity (Wildman–Crippen MR) is 157 cm³/mol. The largest absolute Gasteiger partial charge is 0.489 e. The van der Waals surface area contributed by atoms with E-state index in [1.54, 1.807) is 31.3 Å². The van der Waals surface area contributed by atoms with Crippen molar-refractivity contribution >= 4 is 56.2 Å². The van der Waals surface area contributed by atoms with Crippen molar-refractivity contribution in [1.29, 1.82) is 0 Å². The lowest BCUT2D eigenvalue weighted by Gasteiger charge is -2.12. The normalized spacial score (nSPS) is 11.5. The van der Waals surface area contributed by atoms with Gasteiger partial charge in [0.05, 0.1) is 17.1 Å². The highest BCUT2D eigenvalue weighted by molar-refractivity contribution is 9.10. The van der Waals surface area contributed by atoms with E-state index in [4.69, 9.17) is 27.9 Å². The van der Waals surface area contributed by atoms with E-state index in [2.05, 4.69) is 30.6 Å². The van der Waals surface area contributed by atoms with Crippen molar-refractivity contribution in [1.82, 2.24) is 14.2 Å². The first kappa shape index (κ1) is 26.2. The predicted octanol–water partition coefficient (Wildman–Crippen LogP) is 7.64. The molecule has 5 aromatic rings. The van der Waals surface area contributed by atoms with Crippen LogP contribution in [0.1, 0.15) is 28.3 Å². The summed E-state index contributed by atoms with van der Waals surface area (Å²) in [5, 5.41) is 6.17. The lowest BCUT2D eigenvalue weighted by molar-refractivity contribution is 0.306. The van der Waals surface area contributed by atoms with Crippen LogP contribution >= 0.6 is 39.1 Å². The van der Waals surface area contributed by atoms with Crippen LogP contribution in [0, 0.1) is 20.8 Å². The molecule has 2 heterocycles. The van der Waals surface area contributed by atoms with E-state index in [1.807, 2.05) is 62.4 Å². The number of hydrogen-bond donors (Lipinski definition) is 0. The molecule has 0 saturated carbocycles. The fourth-order valence-electron chi connectivity index (χ4n) is 4.32. The molecule has 0 spiro atoms. The Morgan fingerprint density at radius 2 is 1.76 bits per heavy atom. The van der Waals surface area contributed by atoms with Crippen molar-refractivity contribution in [2.45, 2.75) is 27.4 Å². The summed E-state index contributed by atoms with van der Waals surface area (Å²) in [6, 6.07) is 20.7. The van der Waals surface area contributed by atoms with Crippen LogP contribution in [0.2, 0.25) is 10.0 Å². The van der Waals surface area contributed by atoms with Crippen LogP contribution in [0.3, 0.4) is 0 Å².